The van der Waals surface area contributed by atoms with Crippen LogP contribution in [0, 0.1) is 3.57 Å². The average molecular weight is 496 g/mol. The second kappa shape index (κ2) is 11.3. The molecule has 8 heteroatoms. The number of amides is 2. The summed E-state index contributed by atoms with van der Waals surface area (Å²) in [6, 6.07) is 15.9. The van der Waals surface area contributed by atoms with Gasteiger partial charge in [-0.2, -0.15) is 0 Å². The fourth-order valence-corrected chi connectivity index (χ4v) is 3.00. The van der Waals surface area contributed by atoms with E-state index in [1.165, 1.54) is 7.11 Å². The monoisotopic (exact) mass is 496 g/mol. The summed E-state index contributed by atoms with van der Waals surface area (Å²) >= 11 is 2.16. The molecule has 0 heterocycles. The summed E-state index contributed by atoms with van der Waals surface area (Å²) in [4.78, 5) is 35.9. The Bertz CT molecular complexity index is 813. The van der Waals surface area contributed by atoms with Crippen LogP contribution in [0.15, 0.2) is 54.6 Å². The molecular weight excluding hydrogens is 475 g/mol. The molecule has 2 aromatic carbocycles. The van der Waals surface area contributed by atoms with Gasteiger partial charge in [-0.05, 0) is 39.8 Å². The maximum absolute atomic E-state index is 12.1. The van der Waals surface area contributed by atoms with Gasteiger partial charge in [0.05, 0.1) is 7.11 Å². The molecule has 0 saturated carbocycles. The van der Waals surface area contributed by atoms with Crippen LogP contribution in [0.1, 0.15) is 11.1 Å². The zero-order chi connectivity index (χ0) is 20.4. The minimum absolute atomic E-state index is 0.103. The maximum atomic E-state index is 12.1. The van der Waals surface area contributed by atoms with Crippen LogP contribution in [0.3, 0.4) is 0 Å². The first-order chi connectivity index (χ1) is 13.5. The van der Waals surface area contributed by atoms with Gasteiger partial charge in [-0.1, -0.05) is 48.5 Å². The van der Waals surface area contributed by atoms with Crippen LogP contribution < -0.4 is 10.6 Å². The topological polar surface area (TPSA) is 93.7 Å². The van der Waals surface area contributed by atoms with E-state index in [0.29, 0.717) is 0 Å². The standard InChI is InChI=1S/C20H21IN2O5/c1-27-19(25)17(11-15-9-5-6-10-16(15)21)23-18(24)12-22-20(26)28-13-14-7-3-2-4-8-14/h2-10,17H,11-13H2,1H3,(H,22,26)(H,23,24)/t17-/m1/s1. The van der Waals surface area contributed by atoms with Crippen molar-refractivity contribution in [2.24, 2.45) is 0 Å². The fourth-order valence-electron chi connectivity index (χ4n) is 2.39. The summed E-state index contributed by atoms with van der Waals surface area (Å²) in [7, 11) is 1.26. The normalized spacial score (nSPS) is 11.2. The Morgan fingerprint density at radius 1 is 1.04 bits per heavy atom. The van der Waals surface area contributed by atoms with E-state index in [2.05, 4.69) is 33.2 Å². The zero-order valence-electron chi connectivity index (χ0n) is 15.3. The number of carbonyl (C=O) groups excluding carboxylic acids is 3. The van der Waals surface area contributed by atoms with E-state index in [4.69, 9.17) is 9.47 Å². The van der Waals surface area contributed by atoms with Crippen LogP contribution in [-0.4, -0.2) is 37.7 Å². The molecule has 2 rings (SSSR count). The van der Waals surface area contributed by atoms with Gasteiger partial charge in [0.15, 0.2) is 0 Å². The molecular formula is C20H21IN2O5. The van der Waals surface area contributed by atoms with Crippen LogP contribution >= 0.6 is 22.6 Å². The van der Waals surface area contributed by atoms with E-state index in [1.54, 1.807) is 0 Å². The van der Waals surface area contributed by atoms with E-state index >= 15 is 0 Å². The summed E-state index contributed by atoms with van der Waals surface area (Å²) < 4.78 is 10.8. The first-order valence-corrected chi connectivity index (χ1v) is 9.62. The molecule has 148 valence electrons. The van der Waals surface area contributed by atoms with E-state index < -0.39 is 24.0 Å². The third-order valence-electron chi connectivity index (χ3n) is 3.81. The van der Waals surface area contributed by atoms with Crippen LogP contribution in [-0.2, 0) is 32.1 Å². The smallest absolute Gasteiger partial charge is 0.407 e. The zero-order valence-corrected chi connectivity index (χ0v) is 17.5. The summed E-state index contributed by atoms with van der Waals surface area (Å²) in [6.07, 6.45) is -0.429. The molecule has 0 aliphatic heterocycles. The highest BCUT2D eigenvalue weighted by molar-refractivity contribution is 14.1. The first-order valence-electron chi connectivity index (χ1n) is 8.54. The van der Waals surface area contributed by atoms with E-state index in [0.717, 1.165) is 14.7 Å². The predicted octanol–water partition coefficient (Wildman–Crippen LogP) is 2.42. The van der Waals surface area contributed by atoms with E-state index in [1.807, 2.05) is 54.6 Å². The van der Waals surface area contributed by atoms with Crippen LogP contribution in [0.2, 0.25) is 0 Å². The molecule has 0 aliphatic rings. The highest BCUT2D eigenvalue weighted by Gasteiger charge is 2.23. The number of esters is 1. The number of benzene rings is 2. The van der Waals surface area contributed by atoms with Crippen molar-refractivity contribution < 1.29 is 23.9 Å². The first kappa shape index (κ1) is 21.7. The van der Waals surface area contributed by atoms with Crippen LogP contribution in [0.5, 0.6) is 0 Å². The molecule has 2 amide bonds. The fraction of sp³-hybridized carbons (Fsp3) is 0.250. The second-order valence-electron chi connectivity index (χ2n) is 5.85. The van der Waals surface area contributed by atoms with Crippen molar-refractivity contribution in [2.45, 2.75) is 19.1 Å². The quantitative estimate of drug-likeness (QED) is 0.433. The number of nitrogens with one attached hydrogen (secondary N) is 2. The SMILES string of the molecule is COC(=O)[C@@H](Cc1ccccc1I)NC(=O)CNC(=O)OCc1ccccc1. The highest BCUT2D eigenvalue weighted by atomic mass is 127. The lowest BCUT2D eigenvalue weighted by molar-refractivity contribution is -0.144. The Labute approximate surface area is 176 Å². The van der Waals surface area contributed by atoms with Gasteiger partial charge in [-0.25, -0.2) is 9.59 Å². The van der Waals surface area contributed by atoms with Crippen molar-refractivity contribution in [3.05, 3.63) is 69.3 Å². The van der Waals surface area contributed by atoms with Crippen LogP contribution in [0.25, 0.3) is 0 Å². The van der Waals surface area contributed by atoms with E-state index in [9.17, 15) is 14.4 Å². The van der Waals surface area contributed by atoms with Crippen molar-refractivity contribution in [2.75, 3.05) is 13.7 Å². The Morgan fingerprint density at radius 2 is 1.71 bits per heavy atom. The average Bonchev–Trinajstić information content (AvgIpc) is 2.72. The minimum Gasteiger partial charge on any atom is -0.467 e. The predicted molar refractivity (Wildman–Crippen MR) is 111 cm³/mol. The maximum Gasteiger partial charge on any atom is 0.407 e. The number of ether oxygens (including phenoxy) is 2. The molecule has 0 radical (unpaired) electrons. The molecule has 0 saturated heterocycles. The molecule has 28 heavy (non-hydrogen) atoms. The number of hydrogen-bond acceptors (Lipinski definition) is 5. The lowest BCUT2D eigenvalue weighted by Gasteiger charge is -2.17. The van der Waals surface area contributed by atoms with Crippen molar-refractivity contribution in [3.63, 3.8) is 0 Å². The van der Waals surface area contributed by atoms with Gasteiger partial charge in [0, 0.05) is 9.99 Å². The number of alkyl carbamates (subject to hydrolysis) is 1. The lowest BCUT2D eigenvalue weighted by Crippen LogP contribution is -2.47. The Kier molecular flexibility index (Phi) is 8.73. The molecule has 0 spiro atoms. The Hall–Kier alpha value is -2.62. The third-order valence-corrected chi connectivity index (χ3v) is 4.86. The number of carbonyl (C=O) groups is 3. The second-order valence-corrected chi connectivity index (χ2v) is 7.02. The molecule has 0 bridgehead atoms. The van der Waals surface area contributed by atoms with Gasteiger partial charge in [0.25, 0.3) is 0 Å². The molecule has 0 aromatic heterocycles. The number of methoxy groups -OCH3 is 1. The van der Waals surface area contributed by atoms with Crippen molar-refractivity contribution in [3.8, 4) is 0 Å². The van der Waals surface area contributed by atoms with Gasteiger partial charge in [0.2, 0.25) is 5.91 Å². The Balaban J connectivity index is 1.83. The van der Waals surface area contributed by atoms with Crippen molar-refractivity contribution in [1.29, 1.82) is 0 Å². The summed E-state index contributed by atoms with van der Waals surface area (Å²) in [5.74, 6) is -1.07. The molecule has 1 atom stereocenters. The van der Waals surface area contributed by atoms with E-state index in [-0.39, 0.29) is 19.6 Å². The summed E-state index contributed by atoms with van der Waals surface area (Å²) in [5.41, 5.74) is 1.75. The highest BCUT2D eigenvalue weighted by Crippen LogP contribution is 2.14. The molecule has 2 N–H and O–H groups in total. The van der Waals surface area contributed by atoms with Crippen LogP contribution in [0.4, 0.5) is 4.79 Å². The van der Waals surface area contributed by atoms with Gasteiger partial charge < -0.3 is 20.1 Å². The molecule has 7 nitrogen and oxygen atoms in total. The van der Waals surface area contributed by atoms with Gasteiger partial charge in [-0.15, -0.1) is 0 Å². The van der Waals surface area contributed by atoms with Crippen molar-refractivity contribution in [1.82, 2.24) is 10.6 Å². The number of halogens is 1. The Morgan fingerprint density at radius 3 is 2.39 bits per heavy atom. The lowest BCUT2D eigenvalue weighted by atomic mass is 10.1. The van der Waals surface area contributed by atoms with Gasteiger partial charge in [-0.3, -0.25) is 4.79 Å². The number of hydrogen-bond donors (Lipinski definition) is 2. The van der Waals surface area contributed by atoms with Crippen molar-refractivity contribution >= 4 is 40.6 Å². The molecule has 0 unspecified atom stereocenters. The molecule has 0 aliphatic carbocycles. The third kappa shape index (κ3) is 7.18. The van der Waals surface area contributed by atoms with Gasteiger partial charge in [0.1, 0.15) is 19.2 Å². The molecule has 2 aromatic rings. The number of rotatable bonds is 8. The summed E-state index contributed by atoms with van der Waals surface area (Å²) in [5, 5.41) is 4.95. The largest absolute Gasteiger partial charge is 0.467 e. The molecule has 0 fully saturated rings. The van der Waals surface area contributed by atoms with Gasteiger partial charge >= 0.3 is 12.1 Å². The summed E-state index contributed by atoms with van der Waals surface area (Å²) in [6.45, 7) is -0.210. The minimum atomic E-state index is -0.851.